The van der Waals surface area contributed by atoms with Crippen LogP contribution >= 0.6 is 0 Å². The number of nitriles is 1. The zero-order chi connectivity index (χ0) is 15.0. The number of nitro benzene ring substituents is 1. The number of ether oxygens (including phenoxy) is 1. The molecular formula is C13H18N4O3. The molecule has 0 spiro atoms. The molecule has 0 bridgehead atoms. The van der Waals surface area contributed by atoms with Crippen LogP contribution in [-0.2, 0) is 4.74 Å². The van der Waals surface area contributed by atoms with Crippen LogP contribution in [0.5, 0.6) is 0 Å². The van der Waals surface area contributed by atoms with E-state index < -0.39 is 4.92 Å². The fraction of sp³-hybridized carbons (Fsp3) is 0.462. The van der Waals surface area contributed by atoms with Gasteiger partial charge in [0.05, 0.1) is 23.2 Å². The summed E-state index contributed by atoms with van der Waals surface area (Å²) in [6.45, 7) is 2.76. The standard InChI is InChI=1S/C13H18N4O3/c1-16(7-8-20-2)6-5-15-12-4-3-11(10-14)9-13(12)17(18)19/h3-4,9,15H,5-8H2,1-2H3. The van der Waals surface area contributed by atoms with Crippen molar-refractivity contribution in [2.75, 3.05) is 45.7 Å². The van der Waals surface area contributed by atoms with Crippen molar-refractivity contribution >= 4 is 11.4 Å². The van der Waals surface area contributed by atoms with Crippen molar-refractivity contribution in [3.8, 4) is 6.07 Å². The Bertz CT molecular complexity index is 499. The lowest BCUT2D eigenvalue weighted by molar-refractivity contribution is -0.384. The van der Waals surface area contributed by atoms with Crippen LogP contribution in [-0.4, -0.2) is 50.2 Å². The van der Waals surface area contributed by atoms with Crippen LogP contribution in [0.3, 0.4) is 0 Å². The molecule has 0 atom stereocenters. The molecular weight excluding hydrogens is 260 g/mol. The van der Waals surface area contributed by atoms with Gasteiger partial charge in [0, 0.05) is 32.8 Å². The molecule has 0 saturated heterocycles. The van der Waals surface area contributed by atoms with E-state index in [9.17, 15) is 10.1 Å². The third kappa shape index (κ3) is 4.84. The third-order valence-electron chi connectivity index (χ3n) is 2.81. The topological polar surface area (TPSA) is 91.4 Å². The van der Waals surface area contributed by atoms with E-state index in [1.54, 1.807) is 19.2 Å². The van der Waals surface area contributed by atoms with E-state index in [1.807, 2.05) is 13.1 Å². The number of anilines is 1. The van der Waals surface area contributed by atoms with Crippen molar-refractivity contribution in [1.82, 2.24) is 4.90 Å². The molecule has 0 aliphatic carbocycles. The summed E-state index contributed by atoms with van der Waals surface area (Å²) in [5.74, 6) is 0. The molecule has 0 heterocycles. The summed E-state index contributed by atoms with van der Waals surface area (Å²) in [5, 5.41) is 22.7. The highest BCUT2D eigenvalue weighted by atomic mass is 16.6. The number of benzene rings is 1. The van der Waals surface area contributed by atoms with Gasteiger partial charge in [0.2, 0.25) is 0 Å². The second-order valence-electron chi connectivity index (χ2n) is 4.32. The molecule has 7 nitrogen and oxygen atoms in total. The summed E-state index contributed by atoms with van der Waals surface area (Å²) < 4.78 is 4.97. The van der Waals surface area contributed by atoms with E-state index in [2.05, 4.69) is 10.2 Å². The molecule has 0 amide bonds. The molecule has 0 aliphatic heterocycles. The summed E-state index contributed by atoms with van der Waals surface area (Å²) in [6.07, 6.45) is 0. The largest absolute Gasteiger partial charge is 0.383 e. The molecule has 1 aromatic rings. The SMILES string of the molecule is COCCN(C)CCNc1ccc(C#N)cc1[N+](=O)[O-]. The van der Waals surface area contributed by atoms with E-state index in [-0.39, 0.29) is 11.3 Å². The number of likely N-dealkylation sites (N-methyl/N-ethyl adjacent to an activating group) is 1. The summed E-state index contributed by atoms with van der Waals surface area (Å²) in [6, 6.07) is 6.29. The average Bonchev–Trinajstić information content (AvgIpc) is 2.45. The van der Waals surface area contributed by atoms with Crippen LogP contribution in [0.2, 0.25) is 0 Å². The summed E-state index contributed by atoms with van der Waals surface area (Å²) >= 11 is 0. The van der Waals surface area contributed by atoms with Crippen LogP contribution < -0.4 is 5.32 Å². The molecule has 108 valence electrons. The van der Waals surface area contributed by atoms with Crippen LogP contribution in [0.25, 0.3) is 0 Å². The summed E-state index contributed by atoms with van der Waals surface area (Å²) in [7, 11) is 3.60. The van der Waals surface area contributed by atoms with E-state index >= 15 is 0 Å². The van der Waals surface area contributed by atoms with Crippen LogP contribution in [0, 0.1) is 21.4 Å². The number of nitrogens with zero attached hydrogens (tertiary/aromatic N) is 3. The minimum Gasteiger partial charge on any atom is -0.383 e. The lowest BCUT2D eigenvalue weighted by Gasteiger charge is -2.16. The molecule has 7 heteroatoms. The van der Waals surface area contributed by atoms with Crippen LogP contribution in [0.4, 0.5) is 11.4 Å². The van der Waals surface area contributed by atoms with Crippen LogP contribution in [0.1, 0.15) is 5.56 Å². The molecule has 0 aromatic heterocycles. The first-order valence-electron chi connectivity index (χ1n) is 6.18. The molecule has 20 heavy (non-hydrogen) atoms. The highest BCUT2D eigenvalue weighted by Gasteiger charge is 2.14. The highest BCUT2D eigenvalue weighted by Crippen LogP contribution is 2.24. The smallest absolute Gasteiger partial charge is 0.293 e. The molecule has 1 rings (SSSR count). The maximum atomic E-state index is 11.0. The van der Waals surface area contributed by atoms with Gasteiger partial charge in [0.1, 0.15) is 5.69 Å². The summed E-state index contributed by atoms with van der Waals surface area (Å²) in [4.78, 5) is 12.5. The van der Waals surface area contributed by atoms with E-state index in [0.29, 0.717) is 18.8 Å². The third-order valence-corrected chi connectivity index (χ3v) is 2.81. The Labute approximate surface area is 117 Å². The minimum atomic E-state index is -0.488. The van der Waals surface area contributed by atoms with Crippen molar-refractivity contribution in [2.45, 2.75) is 0 Å². The van der Waals surface area contributed by atoms with Gasteiger partial charge in [0.15, 0.2) is 0 Å². The normalized spacial score (nSPS) is 10.3. The molecule has 0 unspecified atom stereocenters. The Morgan fingerprint density at radius 3 is 2.85 bits per heavy atom. The van der Waals surface area contributed by atoms with Gasteiger partial charge in [-0.25, -0.2) is 0 Å². The number of methoxy groups -OCH3 is 1. The predicted molar refractivity (Wildman–Crippen MR) is 75.7 cm³/mol. The van der Waals surface area contributed by atoms with E-state index in [0.717, 1.165) is 13.1 Å². The van der Waals surface area contributed by atoms with Crippen LogP contribution in [0.15, 0.2) is 18.2 Å². The highest BCUT2D eigenvalue weighted by molar-refractivity contribution is 5.64. The van der Waals surface area contributed by atoms with Gasteiger partial charge in [-0.1, -0.05) is 0 Å². The Morgan fingerprint density at radius 1 is 1.50 bits per heavy atom. The number of rotatable bonds is 8. The Balaban J connectivity index is 2.60. The van der Waals surface area contributed by atoms with Crippen molar-refractivity contribution < 1.29 is 9.66 Å². The monoisotopic (exact) mass is 278 g/mol. The zero-order valence-electron chi connectivity index (χ0n) is 11.6. The quantitative estimate of drug-likeness (QED) is 0.571. The van der Waals surface area contributed by atoms with Crippen molar-refractivity contribution in [1.29, 1.82) is 5.26 Å². The second-order valence-corrected chi connectivity index (χ2v) is 4.32. The first-order chi connectivity index (χ1) is 9.58. The van der Waals surface area contributed by atoms with Crippen molar-refractivity contribution in [2.24, 2.45) is 0 Å². The van der Waals surface area contributed by atoms with E-state index in [1.165, 1.54) is 6.07 Å². The lowest BCUT2D eigenvalue weighted by Crippen LogP contribution is -2.28. The van der Waals surface area contributed by atoms with Gasteiger partial charge in [0.25, 0.3) is 5.69 Å². The Kier molecular flexibility index (Phi) is 6.43. The fourth-order valence-electron chi connectivity index (χ4n) is 1.64. The molecule has 0 radical (unpaired) electrons. The maximum absolute atomic E-state index is 11.0. The van der Waals surface area contributed by atoms with Crippen molar-refractivity contribution in [3.05, 3.63) is 33.9 Å². The Morgan fingerprint density at radius 2 is 2.25 bits per heavy atom. The van der Waals surface area contributed by atoms with Crippen molar-refractivity contribution in [3.63, 3.8) is 0 Å². The fourth-order valence-corrected chi connectivity index (χ4v) is 1.64. The summed E-state index contributed by atoms with van der Waals surface area (Å²) in [5.41, 5.74) is 0.622. The van der Waals surface area contributed by atoms with Gasteiger partial charge in [-0.05, 0) is 19.2 Å². The lowest BCUT2D eigenvalue weighted by atomic mass is 10.2. The maximum Gasteiger partial charge on any atom is 0.293 e. The van der Waals surface area contributed by atoms with Gasteiger partial charge in [-0.2, -0.15) is 5.26 Å². The average molecular weight is 278 g/mol. The molecule has 0 fully saturated rings. The van der Waals surface area contributed by atoms with Gasteiger partial charge in [-0.3, -0.25) is 10.1 Å². The first kappa shape index (κ1) is 15.9. The molecule has 1 N–H and O–H groups in total. The number of nitrogens with one attached hydrogen (secondary N) is 1. The van der Waals surface area contributed by atoms with Gasteiger partial charge >= 0.3 is 0 Å². The molecule has 0 saturated carbocycles. The second kappa shape index (κ2) is 8.09. The number of hydrogen-bond donors (Lipinski definition) is 1. The van der Waals surface area contributed by atoms with Gasteiger partial charge in [-0.15, -0.1) is 0 Å². The first-order valence-corrected chi connectivity index (χ1v) is 6.18. The minimum absolute atomic E-state index is 0.0800. The van der Waals surface area contributed by atoms with E-state index in [4.69, 9.17) is 10.00 Å². The Hall–Kier alpha value is -2.17. The van der Waals surface area contributed by atoms with Gasteiger partial charge < -0.3 is 15.0 Å². The molecule has 1 aromatic carbocycles. The number of nitro groups is 1. The molecule has 0 aliphatic rings. The predicted octanol–water partition coefficient (Wildman–Crippen LogP) is 1.46. The zero-order valence-corrected chi connectivity index (χ0v) is 11.6. The number of hydrogen-bond acceptors (Lipinski definition) is 6.